The van der Waals surface area contributed by atoms with Crippen LogP contribution in [-0.4, -0.2) is 43.4 Å². The van der Waals surface area contributed by atoms with Crippen molar-refractivity contribution < 1.29 is 4.79 Å². The number of likely N-dealkylation sites (N-methyl/N-ethyl adjacent to an activating group) is 1. The summed E-state index contributed by atoms with van der Waals surface area (Å²) in [5, 5.41) is 3.28. The zero-order chi connectivity index (χ0) is 8.27. The molecule has 0 aromatic heterocycles. The van der Waals surface area contributed by atoms with Gasteiger partial charge in [0.2, 0.25) is 0 Å². The van der Waals surface area contributed by atoms with Crippen molar-refractivity contribution in [2.45, 2.75) is 19.4 Å². The van der Waals surface area contributed by atoms with Crippen LogP contribution in [0.2, 0.25) is 0 Å². The van der Waals surface area contributed by atoms with Gasteiger partial charge in [-0.05, 0) is 14.0 Å². The van der Waals surface area contributed by atoms with Crippen LogP contribution in [-0.2, 0) is 4.79 Å². The number of hydrogen-bond donors (Lipinski definition) is 1. The summed E-state index contributed by atoms with van der Waals surface area (Å²) < 4.78 is 0. The van der Waals surface area contributed by atoms with Gasteiger partial charge >= 0.3 is 0 Å². The molecule has 1 heterocycles. The van der Waals surface area contributed by atoms with Crippen LogP contribution in [0.1, 0.15) is 13.3 Å². The first kappa shape index (κ1) is 8.68. The fourth-order valence-corrected chi connectivity index (χ4v) is 1.42. The molecule has 0 aliphatic carbocycles. The second-order valence-electron chi connectivity index (χ2n) is 3.24. The zero-order valence-electron chi connectivity index (χ0n) is 7.26. The van der Waals surface area contributed by atoms with Gasteiger partial charge in [-0.1, -0.05) is 0 Å². The van der Waals surface area contributed by atoms with Crippen LogP contribution in [0.3, 0.4) is 0 Å². The maximum Gasteiger partial charge on any atom is 0.131 e. The van der Waals surface area contributed by atoms with Gasteiger partial charge in [-0.3, -0.25) is 4.79 Å². The van der Waals surface area contributed by atoms with E-state index in [9.17, 15) is 4.79 Å². The average Bonchev–Trinajstić information content (AvgIpc) is 1.93. The number of piperazine rings is 1. The molecular formula is C8H16N2O. The van der Waals surface area contributed by atoms with E-state index in [0.717, 1.165) is 19.6 Å². The Morgan fingerprint density at radius 1 is 1.73 bits per heavy atom. The Morgan fingerprint density at radius 3 is 3.00 bits per heavy atom. The summed E-state index contributed by atoms with van der Waals surface area (Å²) in [4.78, 5) is 13.1. The van der Waals surface area contributed by atoms with E-state index in [1.165, 1.54) is 0 Å². The lowest BCUT2D eigenvalue weighted by atomic mass is 10.1. The number of hydrogen-bond acceptors (Lipinski definition) is 3. The number of carbonyl (C=O) groups is 1. The van der Waals surface area contributed by atoms with Gasteiger partial charge in [-0.25, -0.2) is 0 Å². The van der Waals surface area contributed by atoms with Gasteiger partial charge in [0, 0.05) is 32.1 Å². The largest absolute Gasteiger partial charge is 0.314 e. The van der Waals surface area contributed by atoms with Gasteiger partial charge in [-0.15, -0.1) is 0 Å². The molecular weight excluding hydrogens is 140 g/mol. The zero-order valence-corrected chi connectivity index (χ0v) is 7.26. The molecule has 1 aliphatic heterocycles. The Kier molecular flexibility index (Phi) is 3.02. The Labute approximate surface area is 67.8 Å². The Morgan fingerprint density at radius 2 is 2.45 bits per heavy atom. The number of rotatable bonds is 2. The van der Waals surface area contributed by atoms with E-state index >= 15 is 0 Å². The van der Waals surface area contributed by atoms with Crippen LogP contribution in [0.4, 0.5) is 0 Å². The van der Waals surface area contributed by atoms with Crippen molar-refractivity contribution in [2.24, 2.45) is 0 Å². The van der Waals surface area contributed by atoms with Crippen molar-refractivity contribution in [1.82, 2.24) is 10.2 Å². The Bertz CT molecular complexity index is 147. The third-order valence-electron chi connectivity index (χ3n) is 2.17. The first-order chi connectivity index (χ1) is 5.20. The molecule has 0 spiro atoms. The molecule has 1 aliphatic rings. The van der Waals surface area contributed by atoms with Crippen molar-refractivity contribution in [2.75, 3.05) is 26.7 Å². The second kappa shape index (κ2) is 3.83. The molecule has 1 saturated heterocycles. The van der Waals surface area contributed by atoms with Crippen molar-refractivity contribution >= 4 is 5.78 Å². The Balaban J connectivity index is 2.35. The molecule has 0 aromatic carbocycles. The monoisotopic (exact) mass is 156 g/mol. The molecule has 0 amide bonds. The highest BCUT2D eigenvalue weighted by atomic mass is 16.1. The lowest BCUT2D eigenvalue weighted by Crippen LogP contribution is -2.49. The van der Waals surface area contributed by atoms with E-state index in [1.807, 2.05) is 0 Å². The predicted octanol–water partition coefficient (Wildman–Crippen LogP) is -0.131. The summed E-state index contributed by atoms with van der Waals surface area (Å²) >= 11 is 0. The molecule has 0 radical (unpaired) electrons. The molecule has 11 heavy (non-hydrogen) atoms. The molecule has 1 fully saturated rings. The van der Waals surface area contributed by atoms with Crippen LogP contribution >= 0.6 is 0 Å². The fraction of sp³-hybridized carbons (Fsp3) is 0.875. The lowest BCUT2D eigenvalue weighted by molar-refractivity contribution is -0.118. The standard InChI is InChI=1S/C8H16N2O/c1-7(11)5-8-6-9-3-4-10(8)2/h8-9H,3-6H2,1-2H3. The Hall–Kier alpha value is -0.410. The minimum absolute atomic E-state index is 0.283. The smallest absolute Gasteiger partial charge is 0.131 e. The van der Waals surface area contributed by atoms with Gasteiger partial charge in [0.1, 0.15) is 5.78 Å². The second-order valence-corrected chi connectivity index (χ2v) is 3.24. The third kappa shape index (κ3) is 2.60. The van der Waals surface area contributed by atoms with Gasteiger partial charge in [0.25, 0.3) is 0 Å². The summed E-state index contributed by atoms with van der Waals surface area (Å²) in [6, 6.07) is 0.418. The number of nitrogens with one attached hydrogen (secondary N) is 1. The van der Waals surface area contributed by atoms with E-state index in [0.29, 0.717) is 12.5 Å². The molecule has 3 nitrogen and oxygen atoms in total. The van der Waals surface area contributed by atoms with Crippen molar-refractivity contribution in [3.05, 3.63) is 0 Å². The first-order valence-electron chi connectivity index (χ1n) is 4.10. The highest BCUT2D eigenvalue weighted by molar-refractivity contribution is 5.76. The van der Waals surface area contributed by atoms with Crippen molar-refractivity contribution in [3.8, 4) is 0 Å². The van der Waals surface area contributed by atoms with Gasteiger partial charge in [0.15, 0.2) is 0 Å². The van der Waals surface area contributed by atoms with Crippen LogP contribution in [0.5, 0.6) is 0 Å². The van der Waals surface area contributed by atoms with Crippen LogP contribution in [0.15, 0.2) is 0 Å². The SMILES string of the molecule is CC(=O)CC1CNCCN1C. The minimum Gasteiger partial charge on any atom is -0.314 e. The van der Waals surface area contributed by atoms with Crippen molar-refractivity contribution in [1.29, 1.82) is 0 Å². The number of nitrogens with zero attached hydrogens (tertiary/aromatic N) is 1. The third-order valence-corrected chi connectivity index (χ3v) is 2.17. The number of Topliss-reactive ketones (excluding diaryl/α,β-unsaturated/α-hetero) is 1. The lowest BCUT2D eigenvalue weighted by Gasteiger charge is -2.32. The number of ketones is 1. The van der Waals surface area contributed by atoms with E-state index in [-0.39, 0.29) is 5.78 Å². The van der Waals surface area contributed by atoms with Crippen LogP contribution in [0.25, 0.3) is 0 Å². The summed E-state index contributed by atoms with van der Waals surface area (Å²) in [6.07, 6.45) is 0.684. The molecule has 64 valence electrons. The fourth-order valence-electron chi connectivity index (χ4n) is 1.42. The summed E-state index contributed by atoms with van der Waals surface area (Å²) in [7, 11) is 2.08. The average molecular weight is 156 g/mol. The van der Waals surface area contributed by atoms with E-state index < -0.39 is 0 Å². The van der Waals surface area contributed by atoms with Gasteiger partial charge < -0.3 is 10.2 Å². The summed E-state index contributed by atoms with van der Waals surface area (Å²) in [6.45, 7) is 4.71. The predicted molar refractivity (Wildman–Crippen MR) is 44.6 cm³/mol. The highest BCUT2D eigenvalue weighted by Crippen LogP contribution is 2.04. The summed E-state index contributed by atoms with van der Waals surface area (Å²) in [5.41, 5.74) is 0. The molecule has 1 unspecified atom stereocenters. The maximum absolute atomic E-state index is 10.8. The van der Waals surface area contributed by atoms with Crippen molar-refractivity contribution in [3.63, 3.8) is 0 Å². The van der Waals surface area contributed by atoms with Gasteiger partial charge in [-0.2, -0.15) is 0 Å². The first-order valence-corrected chi connectivity index (χ1v) is 4.10. The number of carbonyl (C=O) groups excluding carboxylic acids is 1. The van der Waals surface area contributed by atoms with E-state index in [1.54, 1.807) is 6.92 Å². The molecule has 0 bridgehead atoms. The normalized spacial score (nSPS) is 26.9. The molecule has 0 saturated carbocycles. The van der Waals surface area contributed by atoms with Crippen LogP contribution < -0.4 is 5.32 Å². The molecule has 1 rings (SSSR count). The van der Waals surface area contributed by atoms with E-state index in [2.05, 4.69) is 17.3 Å². The molecule has 1 N–H and O–H groups in total. The molecule has 3 heteroatoms. The van der Waals surface area contributed by atoms with Crippen LogP contribution in [0, 0.1) is 0 Å². The molecule has 0 aromatic rings. The quantitative estimate of drug-likeness (QED) is 0.604. The topological polar surface area (TPSA) is 32.3 Å². The van der Waals surface area contributed by atoms with E-state index in [4.69, 9.17) is 0 Å². The molecule has 1 atom stereocenters. The highest BCUT2D eigenvalue weighted by Gasteiger charge is 2.19. The van der Waals surface area contributed by atoms with Gasteiger partial charge in [0.05, 0.1) is 0 Å². The minimum atomic E-state index is 0.283. The maximum atomic E-state index is 10.8. The summed E-state index contributed by atoms with van der Waals surface area (Å²) in [5.74, 6) is 0.283.